The van der Waals surface area contributed by atoms with Gasteiger partial charge in [0, 0.05) is 11.1 Å². The van der Waals surface area contributed by atoms with Crippen LogP contribution in [-0.4, -0.2) is 31.2 Å². The summed E-state index contributed by atoms with van der Waals surface area (Å²) in [6.45, 7) is 1.68. The number of hydrogen-bond acceptors (Lipinski definition) is 6. The summed E-state index contributed by atoms with van der Waals surface area (Å²) in [5.74, 6) is 0.0620. The topological polar surface area (TPSA) is 120 Å². The molecule has 4 rings (SSSR count). The first-order valence-electron chi connectivity index (χ1n) is 8.49. The molecule has 0 unspecified atom stereocenters. The molecule has 1 atom stereocenters. The lowest BCUT2D eigenvalue weighted by atomic mass is 9.74. The number of nitrogens with two attached hydrogens (primary N) is 1. The summed E-state index contributed by atoms with van der Waals surface area (Å²) in [5, 5.41) is 21.7. The molecule has 1 aliphatic rings. The highest BCUT2D eigenvalue weighted by molar-refractivity contribution is 5.94. The minimum Gasteiger partial charge on any atom is -0.387 e. The Labute approximate surface area is 149 Å². The van der Waals surface area contributed by atoms with Gasteiger partial charge in [-0.1, -0.05) is 40.7 Å². The van der Waals surface area contributed by atoms with Crippen molar-refractivity contribution in [3.8, 4) is 11.3 Å². The van der Waals surface area contributed by atoms with Crippen LogP contribution < -0.4 is 5.73 Å². The van der Waals surface area contributed by atoms with E-state index in [-0.39, 0.29) is 17.7 Å². The third-order valence-corrected chi connectivity index (χ3v) is 4.90. The van der Waals surface area contributed by atoms with Gasteiger partial charge in [-0.25, -0.2) is 4.68 Å². The highest BCUT2D eigenvalue weighted by Crippen LogP contribution is 2.48. The van der Waals surface area contributed by atoms with Gasteiger partial charge in [-0.2, -0.15) is 0 Å². The molecule has 2 heterocycles. The van der Waals surface area contributed by atoms with E-state index in [1.165, 1.54) is 0 Å². The number of hydrogen-bond donors (Lipinski definition) is 2. The number of aromatic nitrogens is 4. The third kappa shape index (κ3) is 2.68. The highest BCUT2D eigenvalue weighted by atomic mass is 16.5. The van der Waals surface area contributed by atoms with Gasteiger partial charge >= 0.3 is 0 Å². The van der Waals surface area contributed by atoms with Gasteiger partial charge in [0.2, 0.25) is 0 Å². The van der Waals surface area contributed by atoms with Crippen molar-refractivity contribution < 1.29 is 14.4 Å². The second kappa shape index (κ2) is 6.38. The number of carbonyl (C=O) groups excluding carboxylic acids is 1. The summed E-state index contributed by atoms with van der Waals surface area (Å²) >= 11 is 0. The number of primary amides is 1. The van der Waals surface area contributed by atoms with Crippen LogP contribution >= 0.6 is 0 Å². The van der Waals surface area contributed by atoms with Gasteiger partial charge in [0.1, 0.15) is 0 Å². The van der Waals surface area contributed by atoms with E-state index in [0.29, 0.717) is 11.5 Å². The molecule has 0 aliphatic heterocycles. The Morgan fingerprint density at radius 3 is 2.73 bits per heavy atom. The van der Waals surface area contributed by atoms with Gasteiger partial charge in [-0.3, -0.25) is 4.79 Å². The number of carbonyl (C=O) groups is 1. The molecular weight excluding hydrogens is 334 g/mol. The summed E-state index contributed by atoms with van der Waals surface area (Å²) in [6.07, 6.45) is 2.41. The van der Waals surface area contributed by atoms with E-state index in [0.717, 1.165) is 24.0 Å². The van der Waals surface area contributed by atoms with Crippen LogP contribution in [0.2, 0.25) is 0 Å². The molecule has 2 aromatic heterocycles. The van der Waals surface area contributed by atoms with Crippen LogP contribution in [0.1, 0.15) is 59.6 Å². The van der Waals surface area contributed by atoms with Crippen LogP contribution in [0, 0.1) is 0 Å². The van der Waals surface area contributed by atoms with E-state index in [1.807, 2.05) is 30.3 Å². The quantitative estimate of drug-likeness (QED) is 0.725. The molecule has 1 aliphatic carbocycles. The molecule has 3 N–H and O–H groups in total. The first kappa shape index (κ1) is 16.5. The zero-order chi connectivity index (χ0) is 18.3. The molecule has 134 valence electrons. The lowest BCUT2D eigenvalue weighted by molar-refractivity contribution is 0.0989. The van der Waals surface area contributed by atoms with E-state index in [1.54, 1.807) is 17.8 Å². The standard InChI is InChI=1S/C18H19N5O3/c1-10(24)14-9-20-22-23(14)13-7-12(8-13)15-16(18(19)25)21-26-17(15)11-5-3-2-4-6-11/h2-6,9-10,12-13,24H,7-8H2,1H3,(H2,19,25)/t10-,12?,13?/m1/s1. The minimum atomic E-state index is -0.638. The monoisotopic (exact) mass is 353 g/mol. The molecule has 1 saturated carbocycles. The first-order valence-corrected chi connectivity index (χ1v) is 8.49. The highest BCUT2D eigenvalue weighted by Gasteiger charge is 2.39. The van der Waals surface area contributed by atoms with Gasteiger partial charge < -0.3 is 15.4 Å². The van der Waals surface area contributed by atoms with Crippen molar-refractivity contribution in [2.75, 3.05) is 0 Å². The molecule has 1 amide bonds. The van der Waals surface area contributed by atoms with Crippen molar-refractivity contribution in [3.05, 3.63) is 53.5 Å². The third-order valence-electron chi connectivity index (χ3n) is 4.90. The molecule has 8 heteroatoms. The second-order valence-corrected chi connectivity index (χ2v) is 6.61. The van der Waals surface area contributed by atoms with Crippen LogP contribution in [0.25, 0.3) is 11.3 Å². The molecule has 26 heavy (non-hydrogen) atoms. The predicted octanol–water partition coefficient (Wildman–Crippen LogP) is 2.20. The molecule has 0 bridgehead atoms. The van der Waals surface area contributed by atoms with Crippen LogP contribution in [0.4, 0.5) is 0 Å². The molecule has 0 spiro atoms. The van der Waals surface area contributed by atoms with Gasteiger partial charge in [0.25, 0.3) is 5.91 Å². The maximum atomic E-state index is 11.8. The van der Waals surface area contributed by atoms with Gasteiger partial charge in [-0.05, 0) is 25.7 Å². The largest absolute Gasteiger partial charge is 0.387 e. The Morgan fingerprint density at radius 2 is 2.08 bits per heavy atom. The molecule has 1 fully saturated rings. The summed E-state index contributed by atoms with van der Waals surface area (Å²) < 4.78 is 7.21. The van der Waals surface area contributed by atoms with Crippen molar-refractivity contribution in [3.63, 3.8) is 0 Å². The fraction of sp³-hybridized carbons (Fsp3) is 0.333. The van der Waals surface area contributed by atoms with Crippen LogP contribution in [0.5, 0.6) is 0 Å². The SMILES string of the molecule is C[C@@H](O)c1cnnn1C1CC(c2c(C(N)=O)noc2-c2ccccc2)C1. The zero-order valence-electron chi connectivity index (χ0n) is 14.2. The number of rotatable bonds is 5. The minimum absolute atomic E-state index is 0.0787. The van der Waals surface area contributed by atoms with Crippen LogP contribution in [-0.2, 0) is 0 Å². The summed E-state index contributed by atoms with van der Waals surface area (Å²) in [5.41, 5.74) is 7.96. The van der Waals surface area contributed by atoms with Gasteiger partial charge in [0.05, 0.1) is 24.0 Å². The van der Waals surface area contributed by atoms with E-state index >= 15 is 0 Å². The molecule has 0 radical (unpaired) electrons. The fourth-order valence-corrected chi connectivity index (χ4v) is 3.51. The number of amides is 1. The van der Waals surface area contributed by atoms with Gasteiger partial charge in [0.15, 0.2) is 11.5 Å². The molecular formula is C18H19N5O3. The predicted molar refractivity (Wildman–Crippen MR) is 92.1 cm³/mol. The summed E-state index contributed by atoms with van der Waals surface area (Å²) in [7, 11) is 0. The average molecular weight is 353 g/mol. The first-order chi connectivity index (χ1) is 12.6. The molecule has 1 aromatic carbocycles. The summed E-state index contributed by atoms with van der Waals surface area (Å²) in [4.78, 5) is 11.8. The van der Waals surface area contributed by atoms with Crippen molar-refractivity contribution in [1.29, 1.82) is 0 Å². The second-order valence-electron chi connectivity index (χ2n) is 6.61. The Morgan fingerprint density at radius 1 is 1.35 bits per heavy atom. The average Bonchev–Trinajstić information content (AvgIpc) is 3.22. The van der Waals surface area contributed by atoms with E-state index in [9.17, 15) is 9.90 Å². The Balaban J connectivity index is 1.64. The number of nitrogens with zero attached hydrogens (tertiary/aromatic N) is 4. The van der Waals surface area contributed by atoms with Crippen molar-refractivity contribution in [1.82, 2.24) is 20.2 Å². The smallest absolute Gasteiger partial charge is 0.271 e. The van der Waals surface area contributed by atoms with Crippen molar-refractivity contribution in [2.24, 2.45) is 5.73 Å². The van der Waals surface area contributed by atoms with Crippen LogP contribution in [0.3, 0.4) is 0 Å². The van der Waals surface area contributed by atoms with E-state index in [2.05, 4.69) is 15.5 Å². The van der Waals surface area contributed by atoms with Gasteiger partial charge in [-0.15, -0.1) is 5.10 Å². The molecule has 0 saturated heterocycles. The van der Waals surface area contributed by atoms with E-state index in [4.69, 9.17) is 10.3 Å². The Hall–Kier alpha value is -3.00. The normalized spacial score (nSPS) is 20.5. The Bertz CT molecular complexity index is 925. The van der Waals surface area contributed by atoms with Crippen molar-refractivity contribution in [2.45, 2.75) is 37.8 Å². The fourth-order valence-electron chi connectivity index (χ4n) is 3.51. The van der Waals surface area contributed by atoms with E-state index < -0.39 is 12.0 Å². The molecule has 8 nitrogen and oxygen atoms in total. The zero-order valence-corrected chi connectivity index (χ0v) is 14.2. The lowest BCUT2D eigenvalue weighted by Crippen LogP contribution is -2.29. The van der Waals surface area contributed by atoms with Crippen molar-refractivity contribution >= 4 is 5.91 Å². The maximum absolute atomic E-state index is 11.8. The number of aliphatic hydroxyl groups is 1. The number of aliphatic hydroxyl groups excluding tert-OH is 1. The number of benzene rings is 1. The van der Waals surface area contributed by atoms with Crippen LogP contribution in [0.15, 0.2) is 41.1 Å². The Kier molecular flexibility index (Phi) is 4.04. The maximum Gasteiger partial charge on any atom is 0.271 e. The summed E-state index contributed by atoms with van der Waals surface area (Å²) in [6, 6.07) is 9.64. The lowest BCUT2D eigenvalue weighted by Gasteiger charge is -2.36. The molecule has 3 aromatic rings.